The zero-order valence-electron chi connectivity index (χ0n) is 20.6. The number of aliphatic hydroxyl groups is 2. The van der Waals surface area contributed by atoms with E-state index in [4.69, 9.17) is 4.74 Å². The van der Waals surface area contributed by atoms with Crippen molar-refractivity contribution in [3.8, 4) is 0 Å². The van der Waals surface area contributed by atoms with Crippen LogP contribution in [0.15, 0.2) is 23.8 Å². The Kier molecular flexibility index (Phi) is 6.43. The highest BCUT2D eigenvalue weighted by Gasteiger charge is 2.73. The average molecular weight is 477 g/mol. The molecule has 0 radical (unpaired) electrons. The number of rotatable bonds is 6. The molecule has 4 aliphatic rings. The Hall–Kier alpha value is -1.86. The normalized spacial score (nSPS) is 43.9. The summed E-state index contributed by atoms with van der Waals surface area (Å²) in [6.07, 6.45) is 5.10. The molecule has 0 aromatic heterocycles. The minimum Gasteiger partial charge on any atom is -0.450 e. The van der Waals surface area contributed by atoms with Gasteiger partial charge in [-0.25, -0.2) is 4.39 Å². The van der Waals surface area contributed by atoms with E-state index in [0.717, 1.165) is 18.4 Å². The third-order valence-corrected chi connectivity index (χ3v) is 9.63. The number of fused-ring (bicyclic) bond motifs is 5. The van der Waals surface area contributed by atoms with Crippen molar-refractivity contribution in [1.82, 2.24) is 0 Å². The van der Waals surface area contributed by atoms with Crippen molar-refractivity contribution in [3.05, 3.63) is 23.8 Å². The Morgan fingerprint density at radius 3 is 2.68 bits per heavy atom. The molecule has 3 saturated carbocycles. The number of ether oxygens (including phenoxy) is 1. The lowest BCUT2D eigenvalue weighted by atomic mass is 9.46. The fourth-order valence-corrected chi connectivity index (χ4v) is 8.16. The molecular formula is C27H37FO6. The summed E-state index contributed by atoms with van der Waals surface area (Å²) in [5.41, 5.74) is -2.32. The smallest absolute Gasteiger partial charge is 0.306 e. The number of esters is 1. The molecule has 4 aliphatic carbocycles. The van der Waals surface area contributed by atoms with E-state index < -0.39 is 46.6 Å². The number of aliphatic hydroxyl groups excluding tert-OH is 2. The summed E-state index contributed by atoms with van der Waals surface area (Å²) in [6, 6.07) is 0. The third-order valence-electron chi connectivity index (χ3n) is 9.63. The highest BCUT2D eigenvalue weighted by molar-refractivity contribution is 6.01. The number of hydrogen-bond donors (Lipinski definition) is 2. The standard InChI is InChI=1S/C27H37FO6/c1-5-6-7-21(31)34-27(23(32)24(28)33)15(2)12-19-18-9-8-16-13-17(29)10-11-25(16,3)22(18)20(30)14-26(19,27)4/h10-11,13,15,18-20,22,24,30,33H,5-9,12,14H2,1-4H3/t15-,18-,19-,20-,22+,24?,25-,26-,27-/m0/s1. The molecule has 0 saturated heterocycles. The number of ketones is 2. The summed E-state index contributed by atoms with van der Waals surface area (Å²) in [5.74, 6) is -2.53. The molecule has 0 aliphatic heterocycles. The molecule has 0 aromatic rings. The molecule has 4 rings (SSSR count). The number of carbonyl (C=O) groups excluding carboxylic acids is 3. The molecule has 34 heavy (non-hydrogen) atoms. The number of unbranched alkanes of at least 4 members (excludes halogenated alkanes) is 1. The van der Waals surface area contributed by atoms with Crippen molar-refractivity contribution in [3.63, 3.8) is 0 Å². The second-order valence-corrected chi connectivity index (χ2v) is 11.4. The summed E-state index contributed by atoms with van der Waals surface area (Å²) in [4.78, 5) is 38.1. The first-order valence-corrected chi connectivity index (χ1v) is 12.6. The SMILES string of the molecule is CCCCC(=O)O[C@]1(C(=O)C(O)F)[C@@H](C)C[C@H]2[C@@H]3CCC4=CC(=O)C=C[C@]4(C)[C@H]3[C@@H](O)C[C@@]21C. The monoisotopic (exact) mass is 476 g/mol. The Balaban J connectivity index is 1.77. The zero-order chi connectivity index (χ0) is 25.1. The highest BCUT2D eigenvalue weighted by Crippen LogP contribution is 2.69. The van der Waals surface area contributed by atoms with Crippen LogP contribution in [0.4, 0.5) is 4.39 Å². The minimum atomic E-state index is -2.77. The van der Waals surface area contributed by atoms with E-state index in [-0.39, 0.29) is 36.4 Å². The van der Waals surface area contributed by atoms with Gasteiger partial charge in [0, 0.05) is 29.1 Å². The lowest BCUT2D eigenvalue weighted by Gasteiger charge is -2.60. The van der Waals surface area contributed by atoms with Gasteiger partial charge in [-0.05, 0) is 56.1 Å². The van der Waals surface area contributed by atoms with Gasteiger partial charge in [-0.15, -0.1) is 0 Å². The predicted molar refractivity (Wildman–Crippen MR) is 123 cm³/mol. The number of carbonyl (C=O) groups is 3. The number of Topliss-reactive ketones (excluding diaryl/α,β-unsaturated/α-hetero) is 1. The molecule has 0 aromatic carbocycles. The molecule has 0 spiro atoms. The lowest BCUT2D eigenvalue weighted by Crippen LogP contribution is -2.65. The van der Waals surface area contributed by atoms with Crippen LogP contribution in [-0.2, 0) is 19.1 Å². The molecule has 3 fully saturated rings. The molecular weight excluding hydrogens is 439 g/mol. The maximum Gasteiger partial charge on any atom is 0.306 e. The van der Waals surface area contributed by atoms with Crippen LogP contribution in [0.3, 0.4) is 0 Å². The van der Waals surface area contributed by atoms with Gasteiger partial charge in [-0.1, -0.05) is 45.8 Å². The molecule has 0 bridgehead atoms. The van der Waals surface area contributed by atoms with Gasteiger partial charge in [-0.2, -0.15) is 0 Å². The Morgan fingerprint density at radius 1 is 1.32 bits per heavy atom. The van der Waals surface area contributed by atoms with Crippen molar-refractivity contribution in [2.24, 2.45) is 34.5 Å². The second kappa shape index (κ2) is 8.66. The van der Waals surface area contributed by atoms with Gasteiger partial charge in [0.25, 0.3) is 6.36 Å². The van der Waals surface area contributed by atoms with Crippen LogP contribution in [0.25, 0.3) is 0 Å². The largest absolute Gasteiger partial charge is 0.450 e. The maximum atomic E-state index is 14.2. The fraction of sp³-hybridized carbons (Fsp3) is 0.741. The topological polar surface area (TPSA) is 101 Å². The summed E-state index contributed by atoms with van der Waals surface area (Å²) in [5, 5.41) is 21.3. The third kappa shape index (κ3) is 3.45. The summed E-state index contributed by atoms with van der Waals surface area (Å²) < 4.78 is 20.2. The van der Waals surface area contributed by atoms with E-state index in [1.165, 1.54) is 0 Å². The van der Waals surface area contributed by atoms with Crippen molar-refractivity contribution in [2.45, 2.75) is 90.7 Å². The Morgan fingerprint density at radius 2 is 2.03 bits per heavy atom. The van der Waals surface area contributed by atoms with Gasteiger partial charge in [0.2, 0.25) is 5.78 Å². The average Bonchev–Trinajstić information content (AvgIpc) is 2.98. The van der Waals surface area contributed by atoms with Crippen LogP contribution in [0.2, 0.25) is 0 Å². The van der Waals surface area contributed by atoms with Crippen molar-refractivity contribution in [1.29, 1.82) is 0 Å². The van der Waals surface area contributed by atoms with Crippen molar-refractivity contribution >= 4 is 17.5 Å². The van der Waals surface area contributed by atoms with Gasteiger partial charge in [0.1, 0.15) is 0 Å². The number of halogens is 1. The highest BCUT2D eigenvalue weighted by atomic mass is 19.1. The van der Waals surface area contributed by atoms with Crippen LogP contribution >= 0.6 is 0 Å². The molecule has 188 valence electrons. The number of alkyl halides is 1. The quantitative estimate of drug-likeness (QED) is 0.565. The first-order valence-electron chi connectivity index (χ1n) is 12.6. The maximum absolute atomic E-state index is 14.2. The zero-order valence-corrected chi connectivity index (χ0v) is 20.6. The van der Waals surface area contributed by atoms with Gasteiger partial charge < -0.3 is 14.9 Å². The van der Waals surface area contributed by atoms with Gasteiger partial charge in [0.05, 0.1) is 6.10 Å². The molecule has 6 nitrogen and oxygen atoms in total. The van der Waals surface area contributed by atoms with Crippen LogP contribution in [0.5, 0.6) is 0 Å². The molecule has 0 amide bonds. The van der Waals surface area contributed by atoms with E-state index in [9.17, 15) is 29.0 Å². The number of allylic oxidation sites excluding steroid dienone is 4. The molecule has 7 heteroatoms. The predicted octanol–water partition coefficient (Wildman–Crippen LogP) is 3.84. The van der Waals surface area contributed by atoms with E-state index in [1.807, 2.05) is 19.9 Å². The van der Waals surface area contributed by atoms with Crippen LogP contribution < -0.4 is 0 Å². The lowest BCUT2D eigenvalue weighted by molar-refractivity contribution is -0.211. The Bertz CT molecular complexity index is 939. The second-order valence-electron chi connectivity index (χ2n) is 11.4. The fourth-order valence-electron chi connectivity index (χ4n) is 8.16. The summed E-state index contributed by atoms with van der Waals surface area (Å²) in [6.45, 7) is 7.60. The van der Waals surface area contributed by atoms with Gasteiger partial charge in [0.15, 0.2) is 11.4 Å². The number of hydrogen-bond acceptors (Lipinski definition) is 6. The van der Waals surface area contributed by atoms with Crippen LogP contribution in [-0.4, -0.2) is 45.8 Å². The molecule has 1 unspecified atom stereocenters. The first-order chi connectivity index (χ1) is 15.9. The Labute approximate surface area is 200 Å². The van der Waals surface area contributed by atoms with E-state index >= 15 is 0 Å². The summed E-state index contributed by atoms with van der Waals surface area (Å²) in [7, 11) is 0. The van der Waals surface area contributed by atoms with Gasteiger partial charge >= 0.3 is 5.97 Å². The molecule has 9 atom stereocenters. The first kappa shape index (κ1) is 25.2. The van der Waals surface area contributed by atoms with E-state index in [2.05, 4.69) is 6.92 Å². The van der Waals surface area contributed by atoms with Crippen molar-refractivity contribution < 1.29 is 33.7 Å². The van der Waals surface area contributed by atoms with Crippen LogP contribution in [0, 0.1) is 34.5 Å². The molecule has 0 heterocycles. The van der Waals surface area contributed by atoms with Gasteiger partial charge in [-0.3, -0.25) is 14.4 Å². The van der Waals surface area contributed by atoms with E-state index in [1.54, 1.807) is 19.1 Å². The van der Waals surface area contributed by atoms with Crippen molar-refractivity contribution in [2.75, 3.05) is 0 Å². The summed E-state index contributed by atoms with van der Waals surface area (Å²) >= 11 is 0. The van der Waals surface area contributed by atoms with E-state index in [0.29, 0.717) is 19.3 Å². The minimum absolute atomic E-state index is 0.00280. The molecule has 2 N–H and O–H groups in total. The van der Waals surface area contributed by atoms with Crippen LogP contribution in [0.1, 0.15) is 72.6 Å².